The summed E-state index contributed by atoms with van der Waals surface area (Å²) in [6.45, 7) is 3.01. The van der Waals surface area contributed by atoms with Gasteiger partial charge in [-0.2, -0.15) is 0 Å². The number of amides is 2. The van der Waals surface area contributed by atoms with Crippen molar-refractivity contribution >= 4 is 28.0 Å². The molecule has 1 saturated heterocycles. The van der Waals surface area contributed by atoms with E-state index in [9.17, 15) is 19.1 Å². The van der Waals surface area contributed by atoms with Crippen LogP contribution in [0.25, 0.3) is 4.83 Å². The van der Waals surface area contributed by atoms with Crippen LogP contribution in [0.5, 0.6) is 5.75 Å². The largest absolute Gasteiger partial charge is 0.505 e. The van der Waals surface area contributed by atoms with Gasteiger partial charge in [0.1, 0.15) is 16.9 Å². The first-order chi connectivity index (χ1) is 13.0. The van der Waals surface area contributed by atoms with Gasteiger partial charge in [-0.3, -0.25) is 14.0 Å². The number of piperazine rings is 1. The molecule has 1 aliphatic rings. The van der Waals surface area contributed by atoms with Crippen molar-refractivity contribution < 1.29 is 19.1 Å². The van der Waals surface area contributed by atoms with Crippen molar-refractivity contribution in [3.05, 3.63) is 53.2 Å². The number of halogens is 1. The van der Waals surface area contributed by atoms with Crippen LogP contribution in [-0.2, 0) is 0 Å². The van der Waals surface area contributed by atoms with E-state index >= 15 is 0 Å². The van der Waals surface area contributed by atoms with Crippen LogP contribution in [0.1, 0.15) is 27.8 Å². The van der Waals surface area contributed by atoms with E-state index in [1.807, 2.05) is 12.3 Å². The van der Waals surface area contributed by atoms with Crippen LogP contribution >= 0.6 is 11.3 Å². The van der Waals surface area contributed by atoms with Crippen molar-refractivity contribution in [1.82, 2.24) is 19.2 Å². The average Bonchev–Trinajstić information content (AvgIpc) is 3.26. The number of aromatic hydroxyl groups is 1. The Morgan fingerprint density at radius 3 is 2.85 bits per heavy atom. The first-order valence-corrected chi connectivity index (χ1v) is 9.32. The number of imidazole rings is 1. The summed E-state index contributed by atoms with van der Waals surface area (Å²) in [5, 5.41) is 11.3. The van der Waals surface area contributed by atoms with E-state index in [1.54, 1.807) is 26.7 Å². The van der Waals surface area contributed by atoms with E-state index in [0.717, 1.165) is 17.0 Å². The monoisotopic (exact) mass is 388 g/mol. The summed E-state index contributed by atoms with van der Waals surface area (Å²) >= 11 is 1.45. The van der Waals surface area contributed by atoms with Crippen molar-refractivity contribution in [2.75, 3.05) is 19.6 Å². The standard InChI is InChI=1S/C18H17FN4O3S/c1-11-8-21(18(26)14-9-27-16-7-20-10-23(14)16)4-5-22(11)17(25)12-2-3-13(19)15(24)6-12/h2-3,6-7,9-11,24H,4-5,8H2,1H3/t11-/m0/s1. The molecule has 7 nitrogen and oxygen atoms in total. The van der Waals surface area contributed by atoms with Crippen LogP contribution in [0.2, 0.25) is 0 Å². The number of carbonyl (C=O) groups excluding carboxylic acids is 2. The number of hydrogen-bond donors (Lipinski definition) is 1. The number of phenolic OH excluding ortho intramolecular Hbond substituents is 1. The van der Waals surface area contributed by atoms with Crippen LogP contribution in [0.3, 0.4) is 0 Å². The molecule has 9 heteroatoms. The fourth-order valence-corrected chi connectivity index (χ4v) is 4.12. The third-order valence-electron chi connectivity index (χ3n) is 4.74. The van der Waals surface area contributed by atoms with E-state index < -0.39 is 11.6 Å². The fourth-order valence-electron chi connectivity index (χ4n) is 3.29. The highest BCUT2D eigenvalue weighted by Crippen LogP contribution is 2.22. The maximum atomic E-state index is 13.2. The lowest BCUT2D eigenvalue weighted by Crippen LogP contribution is -2.55. The minimum absolute atomic E-state index is 0.0994. The van der Waals surface area contributed by atoms with Gasteiger partial charge in [0.15, 0.2) is 11.6 Å². The predicted octanol–water partition coefficient (Wildman–Crippen LogP) is 2.23. The number of benzene rings is 1. The van der Waals surface area contributed by atoms with E-state index in [-0.39, 0.29) is 23.4 Å². The van der Waals surface area contributed by atoms with Crippen molar-refractivity contribution in [2.24, 2.45) is 0 Å². The molecule has 140 valence electrons. The Kier molecular flexibility index (Phi) is 4.31. The Labute approximate surface area is 158 Å². The average molecular weight is 388 g/mol. The molecular weight excluding hydrogens is 371 g/mol. The zero-order chi connectivity index (χ0) is 19.1. The molecule has 3 aromatic rings. The lowest BCUT2D eigenvalue weighted by molar-refractivity contribution is 0.0411. The van der Waals surface area contributed by atoms with Gasteiger partial charge in [-0.15, -0.1) is 11.3 Å². The minimum atomic E-state index is -0.767. The molecule has 3 heterocycles. The van der Waals surface area contributed by atoms with Crippen LogP contribution < -0.4 is 0 Å². The number of thiazole rings is 1. The molecule has 0 bridgehead atoms. The molecule has 2 aromatic heterocycles. The first kappa shape index (κ1) is 17.5. The maximum absolute atomic E-state index is 13.2. The molecular formula is C18H17FN4O3S. The van der Waals surface area contributed by atoms with Crippen molar-refractivity contribution in [3.8, 4) is 5.75 Å². The summed E-state index contributed by atoms with van der Waals surface area (Å²) < 4.78 is 15.0. The van der Waals surface area contributed by atoms with Gasteiger partial charge in [0, 0.05) is 36.6 Å². The number of phenols is 1. The van der Waals surface area contributed by atoms with Gasteiger partial charge in [-0.1, -0.05) is 0 Å². The molecule has 0 radical (unpaired) electrons. The van der Waals surface area contributed by atoms with Gasteiger partial charge in [-0.05, 0) is 25.1 Å². The van der Waals surface area contributed by atoms with E-state index in [0.29, 0.717) is 25.3 Å². The molecule has 1 atom stereocenters. The van der Waals surface area contributed by atoms with Crippen molar-refractivity contribution in [3.63, 3.8) is 0 Å². The van der Waals surface area contributed by atoms with Gasteiger partial charge < -0.3 is 14.9 Å². The summed E-state index contributed by atoms with van der Waals surface area (Å²) in [6, 6.07) is 3.34. The number of nitrogens with zero attached hydrogens (tertiary/aromatic N) is 4. The predicted molar refractivity (Wildman–Crippen MR) is 97.5 cm³/mol. The smallest absolute Gasteiger partial charge is 0.271 e. The zero-order valence-corrected chi connectivity index (χ0v) is 15.3. The number of aromatic nitrogens is 2. The summed E-state index contributed by atoms with van der Waals surface area (Å²) in [6.07, 6.45) is 3.32. The minimum Gasteiger partial charge on any atom is -0.505 e. The molecule has 0 spiro atoms. The molecule has 27 heavy (non-hydrogen) atoms. The zero-order valence-electron chi connectivity index (χ0n) is 14.5. The van der Waals surface area contributed by atoms with E-state index in [1.165, 1.54) is 17.4 Å². The Bertz CT molecular complexity index is 1030. The number of hydrogen-bond acceptors (Lipinski definition) is 5. The van der Waals surface area contributed by atoms with Crippen molar-refractivity contribution in [2.45, 2.75) is 13.0 Å². The Morgan fingerprint density at radius 2 is 2.11 bits per heavy atom. The molecule has 2 amide bonds. The topological polar surface area (TPSA) is 78.2 Å². The van der Waals surface area contributed by atoms with E-state index in [2.05, 4.69) is 4.98 Å². The van der Waals surface area contributed by atoms with Gasteiger partial charge in [0.25, 0.3) is 11.8 Å². The lowest BCUT2D eigenvalue weighted by Gasteiger charge is -2.39. The molecule has 0 saturated carbocycles. The van der Waals surface area contributed by atoms with Gasteiger partial charge >= 0.3 is 0 Å². The van der Waals surface area contributed by atoms with Crippen LogP contribution in [0.15, 0.2) is 36.1 Å². The molecule has 0 aliphatic carbocycles. The lowest BCUT2D eigenvalue weighted by atomic mass is 10.1. The van der Waals surface area contributed by atoms with Gasteiger partial charge in [0.2, 0.25) is 0 Å². The molecule has 4 rings (SSSR count). The second-order valence-electron chi connectivity index (χ2n) is 6.49. The first-order valence-electron chi connectivity index (χ1n) is 8.44. The van der Waals surface area contributed by atoms with Crippen LogP contribution in [0.4, 0.5) is 4.39 Å². The maximum Gasteiger partial charge on any atom is 0.271 e. The van der Waals surface area contributed by atoms with E-state index in [4.69, 9.17) is 0 Å². The quantitative estimate of drug-likeness (QED) is 0.730. The number of rotatable bonds is 2. The Hall–Kier alpha value is -2.94. The normalized spacial score (nSPS) is 17.5. The van der Waals surface area contributed by atoms with Gasteiger partial charge in [-0.25, -0.2) is 9.37 Å². The molecule has 1 fully saturated rings. The SMILES string of the molecule is C[C@H]1CN(C(=O)c2csc3cncn23)CCN1C(=O)c1ccc(F)c(O)c1. The third-order valence-corrected chi connectivity index (χ3v) is 5.63. The molecule has 1 aromatic carbocycles. The summed E-state index contributed by atoms with van der Waals surface area (Å²) in [4.78, 5) is 33.9. The van der Waals surface area contributed by atoms with Crippen LogP contribution in [0, 0.1) is 5.82 Å². The Balaban J connectivity index is 1.49. The summed E-state index contributed by atoms with van der Waals surface area (Å²) in [5.41, 5.74) is 0.779. The molecule has 0 unspecified atom stereocenters. The number of carbonyl (C=O) groups is 2. The molecule has 1 N–H and O–H groups in total. The molecule has 1 aliphatic heterocycles. The van der Waals surface area contributed by atoms with Crippen molar-refractivity contribution in [1.29, 1.82) is 0 Å². The highest BCUT2D eigenvalue weighted by atomic mass is 32.1. The number of fused-ring (bicyclic) bond motifs is 1. The second kappa shape index (κ2) is 6.66. The second-order valence-corrected chi connectivity index (χ2v) is 7.38. The fraction of sp³-hybridized carbons (Fsp3) is 0.278. The van der Waals surface area contributed by atoms with Gasteiger partial charge in [0.05, 0.1) is 6.20 Å². The highest BCUT2D eigenvalue weighted by molar-refractivity contribution is 7.15. The van der Waals surface area contributed by atoms with Crippen LogP contribution in [-0.4, -0.2) is 61.8 Å². The summed E-state index contributed by atoms with van der Waals surface area (Å²) in [7, 11) is 0. The highest BCUT2D eigenvalue weighted by Gasteiger charge is 2.31. The third kappa shape index (κ3) is 3.03. The Morgan fingerprint density at radius 1 is 1.30 bits per heavy atom. The summed E-state index contributed by atoms with van der Waals surface area (Å²) in [5.74, 6) is -1.71.